The van der Waals surface area contributed by atoms with Crippen LogP contribution in [0.4, 0.5) is 19.0 Å². The fourth-order valence-electron chi connectivity index (χ4n) is 2.87. The molecule has 0 bridgehead atoms. The van der Waals surface area contributed by atoms with Crippen LogP contribution in [0.15, 0.2) is 73.1 Å². The molecule has 0 radical (unpaired) electrons. The minimum atomic E-state index is -4.60. The Balaban J connectivity index is 1.76. The number of hydrogen-bond donors (Lipinski definition) is 1. The average Bonchev–Trinajstić information content (AvgIpc) is 2.73. The van der Waals surface area contributed by atoms with Gasteiger partial charge >= 0.3 is 6.18 Å². The van der Waals surface area contributed by atoms with Gasteiger partial charge in [0.05, 0.1) is 16.8 Å². The normalized spacial score (nSPS) is 11.4. The van der Waals surface area contributed by atoms with Crippen LogP contribution in [0.5, 0.6) is 0 Å². The topological polar surface area (TPSA) is 67.8 Å². The third-order valence-electron chi connectivity index (χ3n) is 4.20. The van der Waals surface area contributed by atoms with Gasteiger partial charge in [-0.1, -0.05) is 24.3 Å². The van der Waals surface area contributed by atoms with E-state index in [1.54, 1.807) is 54.9 Å². The molecule has 0 aliphatic rings. The van der Waals surface area contributed by atoms with E-state index >= 15 is 0 Å². The van der Waals surface area contributed by atoms with E-state index in [1.165, 1.54) is 12.1 Å². The van der Waals surface area contributed by atoms with Crippen LogP contribution in [0.3, 0.4) is 0 Å². The highest BCUT2D eigenvalue weighted by atomic mass is 19.4. The van der Waals surface area contributed by atoms with Gasteiger partial charge in [-0.2, -0.15) is 13.2 Å². The minimum Gasteiger partial charge on any atom is -0.307 e. The second-order valence-corrected chi connectivity index (χ2v) is 6.17. The van der Waals surface area contributed by atoms with Crippen molar-refractivity contribution in [1.29, 1.82) is 0 Å². The Morgan fingerprint density at radius 2 is 1.76 bits per heavy atom. The SMILES string of the molecule is O=C(Nc1cccc(C(F)(F)F)n1)c1cc(-c2cccnc2)nc2ccccc12. The number of rotatable bonds is 3. The van der Waals surface area contributed by atoms with Gasteiger partial charge in [0.15, 0.2) is 0 Å². The molecule has 0 aliphatic heterocycles. The molecule has 1 aromatic carbocycles. The molecule has 1 N–H and O–H groups in total. The number of anilines is 1. The highest BCUT2D eigenvalue weighted by Gasteiger charge is 2.32. The standard InChI is InChI=1S/C21H13F3N4O/c22-21(23,24)18-8-3-9-19(27-18)28-20(29)15-11-17(13-5-4-10-25-12-13)26-16-7-2-1-6-14(15)16/h1-12H,(H,27,28,29). The first-order valence-corrected chi connectivity index (χ1v) is 8.57. The van der Waals surface area contributed by atoms with E-state index in [1.807, 2.05) is 0 Å². The molecule has 29 heavy (non-hydrogen) atoms. The highest BCUT2D eigenvalue weighted by Crippen LogP contribution is 2.29. The van der Waals surface area contributed by atoms with Gasteiger partial charge in [-0.25, -0.2) is 9.97 Å². The molecule has 0 spiro atoms. The first-order valence-electron chi connectivity index (χ1n) is 8.57. The summed E-state index contributed by atoms with van der Waals surface area (Å²) in [5.74, 6) is -0.769. The summed E-state index contributed by atoms with van der Waals surface area (Å²) in [5.41, 5.74) is 1.01. The number of benzene rings is 1. The lowest BCUT2D eigenvalue weighted by atomic mass is 10.0. The summed E-state index contributed by atoms with van der Waals surface area (Å²) in [4.78, 5) is 25.0. The van der Waals surface area contributed by atoms with Gasteiger partial charge in [0.2, 0.25) is 0 Å². The number of amides is 1. The number of pyridine rings is 3. The summed E-state index contributed by atoms with van der Waals surface area (Å²) in [5, 5.41) is 3.02. The van der Waals surface area contributed by atoms with Gasteiger partial charge in [-0.3, -0.25) is 9.78 Å². The number of alkyl halides is 3. The van der Waals surface area contributed by atoms with E-state index in [-0.39, 0.29) is 11.4 Å². The number of para-hydroxylation sites is 1. The molecule has 4 aromatic rings. The number of nitrogens with one attached hydrogen (secondary N) is 1. The summed E-state index contributed by atoms with van der Waals surface area (Å²) in [6.07, 6.45) is -1.36. The van der Waals surface area contributed by atoms with Crippen LogP contribution in [0.1, 0.15) is 16.1 Å². The minimum absolute atomic E-state index is 0.186. The Morgan fingerprint density at radius 1 is 0.931 bits per heavy atom. The van der Waals surface area contributed by atoms with E-state index in [2.05, 4.69) is 20.3 Å². The zero-order valence-corrected chi connectivity index (χ0v) is 14.8. The fraction of sp³-hybridized carbons (Fsp3) is 0.0476. The van der Waals surface area contributed by atoms with Gasteiger partial charge in [0, 0.05) is 23.3 Å². The smallest absolute Gasteiger partial charge is 0.307 e. The fourth-order valence-corrected chi connectivity index (χ4v) is 2.87. The van der Waals surface area contributed by atoms with Gasteiger partial charge in [-0.15, -0.1) is 0 Å². The molecule has 8 heteroatoms. The van der Waals surface area contributed by atoms with Crippen LogP contribution in [-0.4, -0.2) is 20.9 Å². The Labute approximate surface area is 163 Å². The second-order valence-electron chi connectivity index (χ2n) is 6.17. The maximum Gasteiger partial charge on any atom is 0.433 e. The summed E-state index contributed by atoms with van der Waals surface area (Å²) in [7, 11) is 0. The Morgan fingerprint density at radius 3 is 2.52 bits per heavy atom. The van der Waals surface area contributed by atoms with Crippen LogP contribution < -0.4 is 5.32 Å². The monoisotopic (exact) mass is 394 g/mol. The number of aromatic nitrogens is 3. The molecule has 0 atom stereocenters. The first kappa shape index (κ1) is 18.5. The van der Waals surface area contributed by atoms with Crippen molar-refractivity contribution in [1.82, 2.24) is 15.0 Å². The van der Waals surface area contributed by atoms with E-state index in [4.69, 9.17) is 0 Å². The van der Waals surface area contributed by atoms with E-state index in [0.29, 0.717) is 22.2 Å². The van der Waals surface area contributed by atoms with Crippen LogP contribution in [0.2, 0.25) is 0 Å². The van der Waals surface area contributed by atoms with Gasteiger partial charge in [-0.05, 0) is 36.4 Å². The number of carbonyl (C=O) groups is 1. The van der Waals surface area contributed by atoms with Crippen molar-refractivity contribution in [2.24, 2.45) is 0 Å². The van der Waals surface area contributed by atoms with Crippen LogP contribution in [-0.2, 0) is 6.18 Å². The van der Waals surface area contributed by atoms with Crippen molar-refractivity contribution in [2.45, 2.75) is 6.18 Å². The van der Waals surface area contributed by atoms with Crippen molar-refractivity contribution in [2.75, 3.05) is 5.32 Å². The summed E-state index contributed by atoms with van der Waals surface area (Å²) >= 11 is 0. The molecule has 3 aromatic heterocycles. The van der Waals surface area contributed by atoms with Crippen LogP contribution >= 0.6 is 0 Å². The first-order chi connectivity index (χ1) is 13.9. The van der Waals surface area contributed by atoms with E-state index in [0.717, 1.165) is 6.07 Å². The average molecular weight is 394 g/mol. The van der Waals surface area contributed by atoms with E-state index in [9.17, 15) is 18.0 Å². The third-order valence-corrected chi connectivity index (χ3v) is 4.20. The zero-order valence-electron chi connectivity index (χ0n) is 14.8. The lowest BCUT2D eigenvalue weighted by Crippen LogP contribution is -2.16. The molecule has 0 unspecified atom stereocenters. The molecule has 0 saturated heterocycles. The Bertz CT molecular complexity index is 1190. The highest BCUT2D eigenvalue weighted by molar-refractivity contribution is 6.12. The maximum absolute atomic E-state index is 12.9. The number of carbonyl (C=O) groups excluding carboxylic acids is 1. The Kier molecular flexibility index (Phi) is 4.67. The molecule has 0 aliphatic carbocycles. The van der Waals surface area contributed by atoms with Crippen LogP contribution in [0.25, 0.3) is 22.2 Å². The number of halogens is 3. The lowest BCUT2D eigenvalue weighted by molar-refractivity contribution is -0.141. The van der Waals surface area contributed by atoms with Crippen LogP contribution in [0, 0.1) is 0 Å². The van der Waals surface area contributed by atoms with Crippen molar-refractivity contribution in [3.05, 3.63) is 84.3 Å². The molecule has 144 valence electrons. The van der Waals surface area contributed by atoms with Crippen molar-refractivity contribution in [3.8, 4) is 11.3 Å². The maximum atomic E-state index is 12.9. The summed E-state index contributed by atoms with van der Waals surface area (Å²) < 4.78 is 38.7. The molecule has 0 fully saturated rings. The van der Waals surface area contributed by atoms with E-state index < -0.39 is 17.8 Å². The number of hydrogen-bond acceptors (Lipinski definition) is 4. The van der Waals surface area contributed by atoms with Crippen molar-refractivity contribution < 1.29 is 18.0 Å². The number of fused-ring (bicyclic) bond motifs is 1. The Hall–Kier alpha value is -3.81. The molecule has 3 heterocycles. The second kappa shape index (κ2) is 7.31. The molecule has 1 amide bonds. The molecule has 5 nitrogen and oxygen atoms in total. The number of nitrogens with zero attached hydrogens (tertiary/aromatic N) is 3. The molecular formula is C21H13F3N4O. The molecule has 4 rings (SSSR count). The molecular weight excluding hydrogens is 381 g/mol. The summed E-state index contributed by atoms with van der Waals surface area (Å²) in [6, 6.07) is 15.5. The lowest BCUT2D eigenvalue weighted by Gasteiger charge is -2.11. The third kappa shape index (κ3) is 3.91. The zero-order chi connectivity index (χ0) is 20.4. The predicted octanol–water partition coefficient (Wildman–Crippen LogP) is 4.96. The molecule has 0 saturated carbocycles. The van der Waals surface area contributed by atoms with Crippen molar-refractivity contribution >= 4 is 22.6 Å². The van der Waals surface area contributed by atoms with Gasteiger partial charge in [0.25, 0.3) is 5.91 Å². The summed E-state index contributed by atoms with van der Waals surface area (Å²) in [6.45, 7) is 0. The van der Waals surface area contributed by atoms with Gasteiger partial charge in [0.1, 0.15) is 11.5 Å². The van der Waals surface area contributed by atoms with Gasteiger partial charge < -0.3 is 5.32 Å². The van der Waals surface area contributed by atoms with Crippen molar-refractivity contribution in [3.63, 3.8) is 0 Å². The predicted molar refractivity (Wildman–Crippen MR) is 102 cm³/mol. The largest absolute Gasteiger partial charge is 0.433 e. The quantitative estimate of drug-likeness (QED) is 0.533.